The number of hydrogen-bond acceptors (Lipinski definition) is 8. The number of anilines is 3. The van der Waals surface area contributed by atoms with Gasteiger partial charge in [0.25, 0.3) is 0 Å². The number of carboxylic acid groups (broad SMARTS) is 1. The minimum Gasteiger partial charge on any atom is -0.481 e. The highest BCUT2D eigenvalue weighted by atomic mass is 16.5. The van der Waals surface area contributed by atoms with Crippen molar-refractivity contribution in [2.24, 2.45) is 11.8 Å². The van der Waals surface area contributed by atoms with Crippen molar-refractivity contribution in [1.82, 2.24) is 9.97 Å². The van der Waals surface area contributed by atoms with Crippen molar-refractivity contribution < 1.29 is 19.4 Å². The summed E-state index contributed by atoms with van der Waals surface area (Å²) < 4.78 is 5.16. The van der Waals surface area contributed by atoms with Crippen LogP contribution >= 0.6 is 0 Å². The molecule has 0 saturated carbocycles. The van der Waals surface area contributed by atoms with Gasteiger partial charge in [0.15, 0.2) is 11.6 Å². The van der Waals surface area contributed by atoms with E-state index in [1.54, 1.807) is 6.92 Å². The van der Waals surface area contributed by atoms with Crippen LogP contribution in [0.3, 0.4) is 0 Å². The van der Waals surface area contributed by atoms with Gasteiger partial charge in [0.1, 0.15) is 12.0 Å². The van der Waals surface area contributed by atoms with Crippen molar-refractivity contribution in [1.29, 1.82) is 0 Å². The summed E-state index contributed by atoms with van der Waals surface area (Å²) in [5.41, 5.74) is 6.86. The maximum Gasteiger partial charge on any atom is 0.310 e. The van der Waals surface area contributed by atoms with Crippen LogP contribution < -0.4 is 15.5 Å². The summed E-state index contributed by atoms with van der Waals surface area (Å²) in [5, 5.41) is 9.16. The molecule has 0 radical (unpaired) electrons. The molecule has 2 aliphatic rings. The Bertz CT molecular complexity index is 690. The molecule has 0 amide bonds. The van der Waals surface area contributed by atoms with Crippen molar-refractivity contribution in [2.45, 2.75) is 32.6 Å². The zero-order valence-electron chi connectivity index (χ0n) is 15.6. The fraction of sp³-hybridized carbons (Fsp3) is 0.667. The number of nitrogens with two attached hydrogens (primary N) is 1. The van der Waals surface area contributed by atoms with E-state index in [1.165, 1.54) is 6.33 Å². The molecule has 0 aliphatic carbocycles. The fourth-order valence-corrected chi connectivity index (χ4v) is 3.84. The third kappa shape index (κ3) is 4.23. The summed E-state index contributed by atoms with van der Waals surface area (Å²) in [6.45, 7) is 4.69. The van der Waals surface area contributed by atoms with Gasteiger partial charge in [-0.3, -0.25) is 9.59 Å². The number of nitrogen functional groups attached to an aromatic ring is 1. The molecule has 9 nitrogen and oxygen atoms in total. The highest BCUT2D eigenvalue weighted by Gasteiger charge is 2.31. The molecule has 1 unspecified atom stereocenters. The number of aliphatic carboxylic acids is 1. The SMILES string of the molecule is CCOC(=O)C1CCCN(c2ncnc(N3CCC(C(=O)O)CC3)c2N)C1. The van der Waals surface area contributed by atoms with E-state index < -0.39 is 5.97 Å². The number of esters is 1. The zero-order valence-corrected chi connectivity index (χ0v) is 15.6. The Kier molecular flexibility index (Phi) is 5.98. The number of hydrogen-bond donors (Lipinski definition) is 2. The van der Waals surface area contributed by atoms with Crippen LogP contribution in [0.5, 0.6) is 0 Å². The highest BCUT2D eigenvalue weighted by Crippen LogP contribution is 2.33. The van der Waals surface area contributed by atoms with Crippen molar-refractivity contribution >= 4 is 29.3 Å². The molecule has 1 atom stereocenters. The van der Waals surface area contributed by atoms with Gasteiger partial charge in [0, 0.05) is 26.2 Å². The molecule has 27 heavy (non-hydrogen) atoms. The Morgan fingerprint density at radius 1 is 1.15 bits per heavy atom. The molecule has 3 rings (SSSR count). The van der Waals surface area contributed by atoms with Gasteiger partial charge < -0.3 is 25.4 Å². The average molecular weight is 377 g/mol. The van der Waals surface area contributed by atoms with E-state index in [0.717, 1.165) is 19.4 Å². The van der Waals surface area contributed by atoms with Crippen LogP contribution in [0.2, 0.25) is 0 Å². The number of nitrogens with zero attached hydrogens (tertiary/aromatic N) is 4. The topological polar surface area (TPSA) is 122 Å². The molecule has 1 aromatic heterocycles. The second-order valence-corrected chi connectivity index (χ2v) is 7.07. The number of carbonyl (C=O) groups excluding carboxylic acids is 1. The molecule has 2 fully saturated rings. The van der Waals surface area contributed by atoms with Crippen molar-refractivity contribution in [2.75, 3.05) is 48.3 Å². The van der Waals surface area contributed by atoms with Gasteiger partial charge in [-0.15, -0.1) is 0 Å². The molecule has 3 heterocycles. The summed E-state index contributed by atoms with van der Waals surface area (Å²) >= 11 is 0. The lowest BCUT2D eigenvalue weighted by molar-refractivity contribution is -0.148. The minimum atomic E-state index is -0.746. The molecule has 0 bridgehead atoms. The van der Waals surface area contributed by atoms with Crippen molar-refractivity contribution in [3.63, 3.8) is 0 Å². The largest absolute Gasteiger partial charge is 0.481 e. The number of carboxylic acids is 1. The van der Waals surface area contributed by atoms with E-state index in [1.807, 2.05) is 9.80 Å². The van der Waals surface area contributed by atoms with Crippen molar-refractivity contribution in [3.05, 3.63) is 6.33 Å². The van der Waals surface area contributed by atoms with Gasteiger partial charge in [-0.1, -0.05) is 0 Å². The normalized spacial score (nSPS) is 21.1. The Morgan fingerprint density at radius 2 is 1.81 bits per heavy atom. The molecule has 148 valence electrons. The van der Waals surface area contributed by atoms with E-state index in [0.29, 0.717) is 56.4 Å². The van der Waals surface area contributed by atoms with Crippen LogP contribution in [0.1, 0.15) is 32.6 Å². The van der Waals surface area contributed by atoms with Gasteiger partial charge in [-0.2, -0.15) is 0 Å². The Labute approximate surface area is 158 Å². The molecule has 3 N–H and O–H groups in total. The van der Waals surface area contributed by atoms with Crippen molar-refractivity contribution in [3.8, 4) is 0 Å². The number of ether oxygens (including phenoxy) is 1. The molecular weight excluding hydrogens is 350 g/mol. The fourth-order valence-electron chi connectivity index (χ4n) is 3.84. The molecule has 0 spiro atoms. The molecule has 9 heteroatoms. The van der Waals surface area contributed by atoms with Gasteiger partial charge in [0.2, 0.25) is 0 Å². The summed E-state index contributed by atoms with van der Waals surface area (Å²) in [6, 6.07) is 0. The first kappa shape index (κ1) is 19.2. The summed E-state index contributed by atoms with van der Waals surface area (Å²) in [5.74, 6) is -0.134. The number of rotatable bonds is 5. The maximum atomic E-state index is 12.1. The van der Waals surface area contributed by atoms with E-state index >= 15 is 0 Å². The molecular formula is C18H27N5O4. The second-order valence-electron chi connectivity index (χ2n) is 7.07. The first-order chi connectivity index (χ1) is 13.0. The monoisotopic (exact) mass is 377 g/mol. The maximum absolute atomic E-state index is 12.1. The predicted molar refractivity (Wildman–Crippen MR) is 101 cm³/mol. The number of aromatic nitrogens is 2. The Hall–Kier alpha value is -2.58. The Balaban J connectivity index is 1.73. The van der Waals surface area contributed by atoms with E-state index in [-0.39, 0.29) is 17.8 Å². The van der Waals surface area contributed by atoms with Crippen LogP contribution in [-0.2, 0) is 14.3 Å². The minimum absolute atomic E-state index is 0.175. The zero-order chi connectivity index (χ0) is 19.4. The Morgan fingerprint density at radius 3 is 2.44 bits per heavy atom. The van der Waals surface area contributed by atoms with Crippen LogP contribution in [0.25, 0.3) is 0 Å². The van der Waals surface area contributed by atoms with E-state index in [4.69, 9.17) is 15.6 Å². The van der Waals surface area contributed by atoms with Gasteiger partial charge in [0.05, 0.1) is 18.4 Å². The smallest absolute Gasteiger partial charge is 0.310 e. The van der Waals surface area contributed by atoms with E-state index in [9.17, 15) is 9.59 Å². The first-order valence-electron chi connectivity index (χ1n) is 9.51. The summed E-state index contributed by atoms with van der Waals surface area (Å²) in [7, 11) is 0. The molecule has 0 aromatic carbocycles. The first-order valence-corrected chi connectivity index (χ1v) is 9.51. The lowest BCUT2D eigenvalue weighted by Gasteiger charge is -2.35. The van der Waals surface area contributed by atoms with Crippen LogP contribution in [-0.4, -0.2) is 59.8 Å². The lowest BCUT2D eigenvalue weighted by atomic mass is 9.97. The molecule has 1 aromatic rings. The standard InChI is InChI=1S/C18H27N5O4/c1-2-27-18(26)13-4-3-7-23(10-13)16-14(19)15(20-11-21-16)22-8-5-12(6-9-22)17(24)25/h11-13H,2-10,19H2,1H3,(H,24,25). The summed E-state index contributed by atoms with van der Waals surface area (Å²) in [6.07, 6.45) is 4.30. The van der Waals surface area contributed by atoms with Crippen LogP contribution in [0.15, 0.2) is 6.33 Å². The third-order valence-electron chi connectivity index (χ3n) is 5.33. The predicted octanol–water partition coefficient (Wildman–Crippen LogP) is 1.14. The van der Waals surface area contributed by atoms with Gasteiger partial charge in [-0.25, -0.2) is 9.97 Å². The highest BCUT2D eigenvalue weighted by molar-refractivity contribution is 5.78. The molecule has 2 aliphatic heterocycles. The number of piperidine rings is 2. The quantitative estimate of drug-likeness (QED) is 0.727. The number of carbonyl (C=O) groups is 2. The third-order valence-corrected chi connectivity index (χ3v) is 5.33. The summed E-state index contributed by atoms with van der Waals surface area (Å²) in [4.78, 5) is 36.0. The second kappa shape index (κ2) is 8.41. The average Bonchev–Trinajstić information content (AvgIpc) is 2.68. The molecule has 2 saturated heterocycles. The van der Waals surface area contributed by atoms with Crippen LogP contribution in [0, 0.1) is 11.8 Å². The van der Waals surface area contributed by atoms with Gasteiger partial charge >= 0.3 is 11.9 Å². The van der Waals surface area contributed by atoms with E-state index in [2.05, 4.69) is 9.97 Å². The van der Waals surface area contributed by atoms with Gasteiger partial charge in [-0.05, 0) is 32.6 Å². The van der Waals surface area contributed by atoms with Crippen LogP contribution in [0.4, 0.5) is 17.3 Å². The lowest BCUT2D eigenvalue weighted by Crippen LogP contribution is -2.41.